The van der Waals surface area contributed by atoms with Crippen LogP contribution < -0.4 is 5.32 Å². The summed E-state index contributed by atoms with van der Waals surface area (Å²) in [4.78, 5) is 14.2. The van der Waals surface area contributed by atoms with Gasteiger partial charge in [0, 0.05) is 19.0 Å². The lowest BCUT2D eigenvalue weighted by Crippen LogP contribution is -2.54. The Morgan fingerprint density at radius 2 is 1.64 bits per heavy atom. The van der Waals surface area contributed by atoms with Crippen molar-refractivity contribution in [3.63, 3.8) is 0 Å². The molecule has 11 heteroatoms. The molecule has 3 aliphatic rings. The first-order chi connectivity index (χ1) is 17.9. The average molecular weight is 577 g/mol. The summed E-state index contributed by atoms with van der Waals surface area (Å²) in [6, 6.07) is 11.4. The fourth-order valence-electron chi connectivity index (χ4n) is 6.41. The number of ketones is 1. The Labute approximate surface area is 229 Å². The highest BCUT2D eigenvalue weighted by molar-refractivity contribution is 5.85. The number of piperidine rings is 2. The van der Waals surface area contributed by atoms with Gasteiger partial charge in [-0.3, -0.25) is 9.69 Å². The van der Waals surface area contributed by atoms with E-state index in [1.165, 1.54) is 0 Å². The number of Topliss-reactive ketones (excluding diaryl/α,β-unsaturated/α-hetero) is 1. The van der Waals surface area contributed by atoms with Gasteiger partial charge in [0.05, 0.1) is 35.9 Å². The minimum Gasteiger partial charge on any atom is -0.371 e. The predicted molar refractivity (Wildman–Crippen MR) is 135 cm³/mol. The number of hydrogen-bond donors (Lipinski definition) is 1. The number of fused-ring (bicyclic) bond motifs is 2. The number of nitrogens with zero attached hydrogens (tertiary/aromatic N) is 1. The third kappa shape index (κ3) is 6.45. The third-order valence-electron chi connectivity index (χ3n) is 8.10. The average Bonchev–Trinajstić information content (AvgIpc) is 3.15. The number of halogens is 7. The lowest BCUT2D eigenvalue weighted by molar-refractivity contribution is -0.143. The van der Waals surface area contributed by atoms with Gasteiger partial charge in [0.25, 0.3) is 0 Å². The summed E-state index contributed by atoms with van der Waals surface area (Å²) in [6.45, 7) is 1.69. The molecule has 3 heterocycles. The van der Waals surface area contributed by atoms with E-state index in [1.54, 1.807) is 0 Å². The maximum atomic E-state index is 13.4. The van der Waals surface area contributed by atoms with Gasteiger partial charge in [-0.05, 0) is 67.5 Å². The monoisotopic (exact) mass is 576 g/mol. The van der Waals surface area contributed by atoms with Gasteiger partial charge >= 0.3 is 12.4 Å². The molecule has 0 radical (unpaired) electrons. The molecule has 1 N–H and O–H groups in total. The molecular formula is C28H31ClF6N2O2. The summed E-state index contributed by atoms with van der Waals surface area (Å²) in [5.41, 5.74) is -2.50. The van der Waals surface area contributed by atoms with Crippen LogP contribution in [0.2, 0.25) is 0 Å². The van der Waals surface area contributed by atoms with Crippen LogP contribution in [0.4, 0.5) is 26.3 Å². The summed E-state index contributed by atoms with van der Waals surface area (Å²) < 4.78 is 86.3. The number of rotatable bonds is 6. The van der Waals surface area contributed by atoms with Crippen LogP contribution >= 0.6 is 12.4 Å². The van der Waals surface area contributed by atoms with Gasteiger partial charge in [-0.1, -0.05) is 30.3 Å². The van der Waals surface area contributed by atoms with Crippen molar-refractivity contribution in [2.75, 3.05) is 19.6 Å². The van der Waals surface area contributed by atoms with Crippen LogP contribution in [0.15, 0.2) is 48.5 Å². The second-order valence-corrected chi connectivity index (χ2v) is 10.7. The van der Waals surface area contributed by atoms with Gasteiger partial charge < -0.3 is 10.1 Å². The molecule has 0 saturated carbocycles. The van der Waals surface area contributed by atoms with Gasteiger partial charge in [-0.15, -0.1) is 12.4 Å². The molecule has 2 aromatic rings. The lowest BCUT2D eigenvalue weighted by atomic mass is 9.80. The molecule has 2 bridgehead atoms. The quantitative estimate of drug-likeness (QED) is 0.406. The smallest absolute Gasteiger partial charge is 0.371 e. The van der Waals surface area contributed by atoms with Gasteiger partial charge in [0.2, 0.25) is 0 Å². The molecule has 4 nitrogen and oxygen atoms in total. The van der Waals surface area contributed by atoms with E-state index in [4.69, 9.17) is 4.74 Å². The highest BCUT2D eigenvalue weighted by Crippen LogP contribution is 2.48. The van der Waals surface area contributed by atoms with E-state index >= 15 is 0 Å². The van der Waals surface area contributed by atoms with Crippen molar-refractivity contribution in [3.8, 4) is 0 Å². The number of benzene rings is 2. The number of likely N-dealkylation sites (tertiary alicyclic amines) is 1. The number of hydrogen-bond acceptors (Lipinski definition) is 4. The van der Waals surface area contributed by atoms with E-state index < -0.39 is 35.1 Å². The molecule has 39 heavy (non-hydrogen) atoms. The molecule has 2 aromatic carbocycles. The SMILES string of the molecule is Cl.O=C1CCCN(C[C@H]2C[C@]3(c4ccccc4)N[C@H]2CC[C@H]3OCc2cc(C(F)(F)F)cc(C(F)(F)F)c2)C1. The summed E-state index contributed by atoms with van der Waals surface area (Å²) in [5.74, 6) is 0.476. The van der Waals surface area contributed by atoms with E-state index in [2.05, 4.69) is 10.2 Å². The Hall–Kier alpha value is -2.14. The maximum absolute atomic E-state index is 13.4. The summed E-state index contributed by atoms with van der Waals surface area (Å²) in [5, 5.41) is 3.73. The Bertz CT molecular complexity index is 1130. The number of carbonyl (C=O) groups excluding carboxylic acids is 1. The van der Waals surface area contributed by atoms with E-state index in [0.717, 1.165) is 43.6 Å². The lowest BCUT2D eigenvalue weighted by Gasteiger charge is -2.42. The summed E-state index contributed by atoms with van der Waals surface area (Å²) >= 11 is 0. The number of nitrogens with one attached hydrogen (secondary N) is 1. The molecule has 0 aliphatic carbocycles. The topological polar surface area (TPSA) is 41.6 Å². The van der Waals surface area contributed by atoms with Crippen molar-refractivity contribution in [2.45, 2.75) is 68.7 Å². The molecule has 0 aromatic heterocycles. The third-order valence-corrected chi connectivity index (χ3v) is 8.10. The van der Waals surface area contributed by atoms with Crippen molar-refractivity contribution in [1.29, 1.82) is 0 Å². The molecule has 4 atom stereocenters. The van der Waals surface area contributed by atoms with Crippen molar-refractivity contribution in [2.24, 2.45) is 5.92 Å². The van der Waals surface area contributed by atoms with Crippen LogP contribution in [0.1, 0.15) is 54.4 Å². The van der Waals surface area contributed by atoms with Gasteiger partial charge in [0.1, 0.15) is 5.78 Å². The standard InChI is InChI=1S/C28H30F6N2O2.ClH/c29-27(30,31)21-11-18(12-22(13-21)28(32,33)34)17-38-25-9-8-24-19(15-36-10-4-7-23(37)16-36)14-26(25,35-24)20-5-2-1-3-6-20;/h1-3,5-6,11-13,19,24-25,35H,4,7-10,14-17H2;1H/t19-,24+,25-,26-;/m1./s1. The largest absolute Gasteiger partial charge is 0.416 e. The normalized spacial score (nSPS) is 27.8. The Morgan fingerprint density at radius 1 is 0.974 bits per heavy atom. The fraction of sp³-hybridized carbons (Fsp3) is 0.536. The van der Waals surface area contributed by atoms with E-state index in [1.807, 2.05) is 30.3 Å². The zero-order valence-corrected chi connectivity index (χ0v) is 22.0. The first kappa shape index (κ1) is 29.8. The second-order valence-electron chi connectivity index (χ2n) is 10.7. The van der Waals surface area contributed by atoms with Gasteiger partial charge in [0.15, 0.2) is 0 Å². The molecule has 214 valence electrons. The molecule has 0 spiro atoms. The van der Waals surface area contributed by atoms with Gasteiger partial charge in [-0.25, -0.2) is 0 Å². The van der Waals surface area contributed by atoms with Crippen molar-refractivity contribution in [3.05, 3.63) is 70.8 Å². The van der Waals surface area contributed by atoms with Crippen LogP contribution in [0.25, 0.3) is 0 Å². The predicted octanol–water partition coefficient (Wildman–Crippen LogP) is 6.36. The summed E-state index contributed by atoms with van der Waals surface area (Å²) in [7, 11) is 0. The fourth-order valence-corrected chi connectivity index (χ4v) is 6.41. The summed E-state index contributed by atoms with van der Waals surface area (Å²) in [6.07, 6.45) is -6.72. The molecule has 3 aliphatic heterocycles. The second kappa shape index (κ2) is 11.4. The molecule has 0 unspecified atom stereocenters. The number of ether oxygens (including phenoxy) is 1. The Balaban J connectivity index is 0.00000353. The highest BCUT2D eigenvalue weighted by Gasteiger charge is 2.54. The zero-order valence-electron chi connectivity index (χ0n) is 21.2. The minimum absolute atomic E-state index is 0. The first-order valence-corrected chi connectivity index (χ1v) is 12.9. The van der Waals surface area contributed by atoms with Crippen LogP contribution in [-0.4, -0.2) is 42.5 Å². The van der Waals surface area contributed by atoms with Crippen molar-refractivity contribution in [1.82, 2.24) is 10.2 Å². The molecule has 3 fully saturated rings. The minimum atomic E-state index is -4.91. The van der Waals surface area contributed by atoms with E-state index in [9.17, 15) is 31.1 Å². The van der Waals surface area contributed by atoms with Crippen LogP contribution in [0.3, 0.4) is 0 Å². The first-order valence-electron chi connectivity index (χ1n) is 12.9. The Morgan fingerprint density at radius 3 is 2.26 bits per heavy atom. The van der Waals surface area contributed by atoms with Crippen molar-refractivity contribution < 1.29 is 35.9 Å². The zero-order chi connectivity index (χ0) is 27.1. The van der Waals surface area contributed by atoms with Crippen LogP contribution in [0.5, 0.6) is 0 Å². The maximum Gasteiger partial charge on any atom is 0.416 e. The molecule has 0 amide bonds. The van der Waals surface area contributed by atoms with Gasteiger partial charge in [-0.2, -0.15) is 26.3 Å². The molecule has 3 saturated heterocycles. The van der Waals surface area contributed by atoms with Crippen molar-refractivity contribution >= 4 is 18.2 Å². The number of alkyl halides is 6. The molecule has 5 rings (SSSR count). The number of carbonyl (C=O) groups is 1. The Kier molecular flexibility index (Phi) is 8.71. The van der Waals surface area contributed by atoms with Crippen LogP contribution in [-0.2, 0) is 34.0 Å². The van der Waals surface area contributed by atoms with E-state index in [0.29, 0.717) is 25.8 Å². The van der Waals surface area contributed by atoms with Crippen LogP contribution in [0, 0.1) is 5.92 Å². The van der Waals surface area contributed by atoms with E-state index in [-0.39, 0.29) is 48.4 Å². The molecular weight excluding hydrogens is 546 g/mol. The highest BCUT2D eigenvalue weighted by atomic mass is 35.5.